The largest absolute Gasteiger partial charge is 0.478 e. The summed E-state index contributed by atoms with van der Waals surface area (Å²) in [5, 5.41) is 2.89. The van der Waals surface area contributed by atoms with Gasteiger partial charge in [0.25, 0.3) is 5.91 Å². The molecule has 4 rings (SSSR count). The smallest absolute Gasteiger partial charge is 0.326 e. The second kappa shape index (κ2) is 9.93. The minimum absolute atomic E-state index is 0.138. The third-order valence-corrected chi connectivity index (χ3v) is 5.98. The Kier molecular flexibility index (Phi) is 6.82. The van der Waals surface area contributed by atoms with Crippen LogP contribution in [0.4, 0.5) is 5.69 Å². The van der Waals surface area contributed by atoms with E-state index in [4.69, 9.17) is 19.2 Å². The van der Waals surface area contributed by atoms with Crippen LogP contribution in [0, 0.1) is 0 Å². The number of benzene rings is 2. The standard InChI is InChI=1S/C24H24N2O5S/c1-3-20-24(28)26(14-22(27)30-12-11-29-2)19-13-17(9-10-21(19)31-20)18-15-32-23(25-18)16-7-5-4-6-8-16/h4-10,13,15,20H,3,11-12,14H2,1-2H3. The van der Waals surface area contributed by atoms with Crippen LogP contribution in [0.3, 0.4) is 0 Å². The lowest BCUT2D eigenvalue weighted by Crippen LogP contribution is -2.48. The summed E-state index contributed by atoms with van der Waals surface area (Å²) in [6, 6.07) is 15.5. The summed E-state index contributed by atoms with van der Waals surface area (Å²) in [4.78, 5) is 31.5. The van der Waals surface area contributed by atoms with Crippen molar-refractivity contribution in [1.29, 1.82) is 0 Å². The Morgan fingerprint density at radius 2 is 1.97 bits per heavy atom. The van der Waals surface area contributed by atoms with E-state index in [9.17, 15) is 9.59 Å². The number of methoxy groups -OCH3 is 1. The normalized spacial score (nSPS) is 15.2. The van der Waals surface area contributed by atoms with E-state index in [0.717, 1.165) is 21.8 Å². The van der Waals surface area contributed by atoms with Gasteiger partial charge in [0.15, 0.2) is 6.10 Å². The first-order valence-corrected chi connectivity index (χ1v) is 11.3. The van der Waals surface area contributed by atoms with E-state index < -0.39 is 12.1 Å². The number of esters is 1. The number of ether oxygens (including phenoxy) is 3. The third-order valence-electron chi connectivity index (χ3n) is 5.09. The van der Waals surface area contributed by atoms with Gasteiger partial charge in [-0.05, 0) is 24.6 Å². The monoisotopic (exact) mass is 452 g/mol. The number of nitrogens with zero attached hydrogens (tertiary/aromatic N) is 2. The molecule has 0 bridgehead atoms. The molecule has 1 aliphatic heterocycles. The van der Waals surface area contributed by atoms with Crippen LogP contribution in [0.2, 0.25) is 0 Å². The zero-order valence-electron chi connectivity index (χ0n) is 17.9. The lowest BCUT2D eigenvalue weighted by molar-refractivity contribution is -0.144. The molecule has 3 aromatic rings. The first-order chi connectivity index (χ1) is 15.6. The van der Waals surface area contributed by atoms with E-state index in [1.54, 1.807) is 11.3 Å². The topological polar surface area (TPSA) is 78.0 Å². The van der Waals surface area contributed by atoms with Gasteiger partial charge in [-0.15, -0.1) is 11.3 Å². The van der Waals surface area contributed by atoms with Gasteiger partial charge < -0.3 is 14.2 Å². The summed E-state index contributed by atoms with van der Waals surface area (Å²) in [7, 11) is 1.53. The number of carbonyl (C=O) groups excluding carboxylic acids is 2. The van der Waals surface area contributed by atoms with Gasteiger partial charge in [0.05, 0.1) is 18.0 Å². The Bertz CT molecular complexity index is 1100. The zero-order valence-corrected chi connectivity index (χ0v) is 18.8. The van der Waals surface area contributed by atoms with E-state index in [2.05, 4.69) is 0 Å². The van der Waals surface area contributed by atoms with Crippen molar-refractivity contribution in [3.63, 3.8) is 0 Å². The predicted octanol–water partition coefficient (Wildman–Crippen LogP) is 4.17. The molecule has 0 radical (unpaired) electrons. The minimum atomic E-state index is -0.635. The first-order valence-electron chi connectivity index (χ1n) is 10.4. The molecule has 166 valence electrons. The van der Waals surface area contributed by atoms with Crippen LogP contribution in [-0.4, -0.2) is 49.8 Å². The van der Waals surface area contributed by atoms with E-state index in [1.165, 1.54) is 12.0 Å². The van der Waals surface area contributed by atoms with E-state index in [1.807, 2.05) is 60.8 Å². The average Bonchev–Trinajstić information content (AvgIpc) is 3.31. The maximum Gasteiger partial charge on any atom is 0.326 e. The highest BCUT2D eigenvalue weighted by atomic mass is 32.1. The molecule has 8 heteroatoms. The maximum atomic E-state index is 13.0. The molecule has 32 heavy (non-hydrogen) atoms. The molecule has 1 atom stereocenters. The van der Waals surface area contributed by atoms with E-state index >= 15 is 0 Å². The molecule has 0 spiro atoms. The fourth-order valence-corrected chi connectivity index (χ4v) is 4.27. The SMILES string of the molecule is CCC1Oc2ccc(-c3csc(-c4ccccc4)n3)cc2N(CC(=O)OCCOC)C1=O. The van der Waals surface area contributed by atoms with Crippen molar-refractivity contribution in [2.75, 3.05) is 31.8 Å². The molecule has 1 amide bonds. The fourth-order valence-electron chi connectivity index (χ4n) is 3.44. The molecule has 2 heterocycles. The number of anilines is 1. The van der Waals surface area contributed by atoms with Gasteiger partial charge in [0.1, 0.15) is 23.9 Å². The second-order valence-electron chi connectivity index (χ2n) is 7.24. The molecular weight excluding hydrogens is 428 g/mol. The minimum Gasteiger partial charge on any atom is -0.478 e. The second-order valence-corrected chi connectivity index (χ2v) is 8.10. The Labute approximate surface area is 190 Å². The van der Waals surface area contributed by atoms with Crippen LogP contribution in [0.5, 0.6) is 5.75 Å². The third kappa shape index (κ3) is 4.66. The molecule has 0 saturated carbocycles. The Morgan fingerprint density at radius 3 is 2.72 bits per heavy atom. The van der Waals surface area contributed by atoms with Gasteiger partial charge in [0.2, 0.25) is 0 Å². The summed E-state index contributed by atoms with van der Waals surface area (Å²) in [5.41, 5.74) is 3.22. The molecule has 1 aliphatic rings. The quantitative estimate of drug-likeness (QED) is 0.377. The van der Waals surface area contributed by atoms with Gasteiger partial charge in [0, 0.05) is 23.6 Å². The Hall–Kier alpha value is -3.23. The van der Waals surface area contributed by atoms with Crippen LogP contribution in [0.25, 0.3) is 21.8 Å². The molecule has 0 N–H and O–H groups in total. The summed E-state index contributed by atoms with van der Waals surface area (Å²) in [6.07, 6.45) is -0.133. The number of hydrogen-bond acceptors (Lipinski definition) is 7. The van der Waals surface area contributed by atoms with Crippen molar-refractivity contribution in [2.45, 2.75) is 19.4 Å². The number of rotatable bonds is 8. The van der Waals surface area contributed by atoms with Crippen LogP contribution >= 0.6 is 11.3 Å². The molecular formula is C24H24N2O5S. The molecule has 2 aromatic carbocycles. The van der Waals surface area contributed by atoms with Crippen molar-refractivity contribution in [2.24, 2.45) is 0 Å². The van der Waals surface area contributed by atoms with E-state index in [0.29, 0.717) is 24.5 Å². The Morgan fingerprint density at radius 1 is 1.16 bits per heavy atom. The fraction of sp³-hybridized carbons (Fsp3) is 0.292. The van der Waals surface area contributed by atoms with Crippen LogP contribution < -0.4 is 9.64 Å². The number of thiazole rings is 1. The molecule has 1 aromatic heterocycles. The number of aromatic nitrogens is 1. The van der Waals surface area contributed by atoms with E-state index in [-0.39, 0.29) is 19.1 Å². The van der Waals surface area contributed by atoms with Crippen molar-refractivity contribution < 1.29 is 23.8 Å². The molecule has 0 fully saturated rings. The number of hydrogen-bond donors (Lipinski definition) is 0. The van der Waals surface area contributed by atoms with Gasteiger partial charge in [-0.2, -0.15) is 0 Å². The van der Waals surface area contributed by atoms with Crippen molar-refractivity contribution in [3.8, 4) is 27.6 Å². The zero-order chi connectivity index (χ0) is 22.5. The lowest BCUT2D eigenvalue weighted by Gasteiger charge is -2.33. The highest BCUT2D eigenvalue weighted by Crippen LogP contribution is 2.39. The summed E-state index contributed by atoms with van der Waals surface area (Å²) in [5.74, 6) is -0.198. The lowest BCUT2D eigenvalue weighted by atomic mass is 10.1. The van der Waals surface area contributed by atoms with Crippen molar-refractivity contribution in [3.05, 3.63) is 53.9 Å². The highest BCUT2D eigenvalue weighted by Gasteiger charge is 2.35. The summed E-state index contributed by atoms with van der Waals surface area (Å²) < 4.78 is 16.0. The van der Waals surface area contributed by atoms with Crippen LogP contribution in [-0.2, 0) is 19.1 Å². The van der Waals surface area contributed by atoms with Crippen molar-refractivity contribution in [1.82, 2.24) is 4.98 Å². The molecule has 0 saturated heterocycles. The van der Waals surface area contributed by atoms with Crippen LogP contribution in [0.1, 0.15) is 13.3 Å². The van der Waals surface area contributed by atoms with Gasteiger partial charge >= 0.3 is 5.97 Å². The van der Waals surface area contributed by atoms with Crippen LogP contribution in [0.15, 0.2) is 53.9 Å². The first kappa shape index (κ1) is 22.0. The highest BCUT2D eigenvalue weighted by molar-refractivity contribution is 7.13. The van der Waals surface area contributed by atoms with Gasteiger partial charge in [-0.25, -0.2) is 4.98 Å². The Balaban J connectivity index is 1.63. The predicted molar refractivity (Wildman–Crippen MR) is 123 cm³/mol. The maximum absolute atomic E-state index is 13.0. The molecule has 0 aliphatic carbocycles. The molecule has 7 nitrogen and oxygen atoms in total. The van der Waals surface area contributed by atoms with Gasteiger partial charge in [-0.1, -0.05) is 37.3 Å². The molecule has 1 unspecified atom stereocenters. The number of amides is 1. The number of carbonyl (C=O) groups is 2. The number of fused-ring (bicyclic) bond motifs is 1. The summed E-state index contributed by atoms with van der Waals surface area (Å²) >= 11 is 1.55. The van der Waals surface area contributed by atoms with Crippen molar-refractivity contribution >= 4 is 28.9 Å². The average molecular weight is 453 g/mol. The van der Waals surface area contributed by atoms with Gasteiger partial charge in [-0.3, -0.25) is 14.5 Å². The summed E-state index contributed by atoms with van der Waals surface area (Å²) in [6.45, 7) is 2.12.